The third kappa shape index (κ3) is 2.94. The van der Waals surface area contributed by atoms with Crippen molar-refractivity contribution in [2.75, 3.05) is 5.73 Å². The van der Waals surface area contributed by atoms with E-state index in [4.69, 9.17) is 5.73 Å². The molecular formula is C13H13N3O3S. The summed E-state index contributed by atoms with van der Waals surface area (Å²) in [5, 5.41) is 15.5. The van der Waals surface area contributed by atoms with E-state index < -0.39 is 4.92 Å². The van der Waals surface area contributed by atoms with Crippen molar-refractivity contribution in [1.82, 2.24) is 5.32 Å². The van der Waals surface area contributed by atoms with Crippen LogP contribution in [0.1, 0.15) is 20.8 Å². The van der Waals surface area contributed by atoms with Crippen molar-refractivity contribution in [3.05, 3.63) is 55.8 Å². The number of thiophene rings is 1. The van der Waals surface area contributed by atoms with Crippen LogP contribution in [0.25, 0.3) is 0 Å². The Bertz CT molecular complexity index is 667. The molecule has 2 rings (SSSR count). The molecule has 104 valence electrons. The highest BCUT2D eigenvalue weighted by molar-refractivity contribution is 7.10. The maximum Gasteiger partial charge on any atom is 0.292 e. The van der Waals surface area contributed by atoms with Crippen LogP contribution < -0.4 is 11.1 Å². The minimum Gasteiger partial charge on any atom is -0.393 e. The number of nitrogens with one attached hydrogen (secondary N) is 1. The van der Waals surface area contributed by atoms with Gasteiger partial charge in [0.05, 0.1) is 11.5 Å². The average molecular weight is 291 g/mol. The van der Waals surface area contributed by atoms with Gasteiger partial charge in [0.2, 0.25) is 0 Å². The summed E-state index contributed by atoms with van der Waals surface area (Å²) < 4.78 is 0. The zero-order valence-electron chi connectivity index (χ0n) is 10.8. The Hall–Kier alpha value is -2.41. The molecule has 1 heterocycles. The van der Waals surface area contributed by atoms with Gasteiger partial charge in [-0.1, -0.05) is 0 Å². The molecular weight excluding hydrogens is 278 g/mol. The lowest BCUT2D eigenvalue weighted by atomic mass is 10.1. The number of anilines is 1. The van der Waals surface area contributed by atoms with Gasteiger partial charge in [0.15, 0.2) is 0 Å². The van der Waals surface area contributed by atoms with E-state index in [0.717, 1.165) is 10.4 Å². The average Bonchev–Trinajstić information content (AvgIpc) is 2.81. The lowest BCUT2D eigenvalue weighted by Gasteiger charge is -2.05. The van der Waals surface area contributed by atoms with Crippen LogP contribution in [0.5, 0.6) is 0 Å². The first-order chi connectivity index (χ1) is 9.49. The molecule has 0 aliphatic rings. The van der Waals surface area contributed by atoms with Gasteiger partial charge in [-0.3, -0.25) is 14.9 Å². The van der Waals surface area contributed by atoms with Crippen molar-refractivity contribution in [1.29, 1.82) is 0 Å². The molecule has 3 N–H and O–H groups in total. The third-order valence-electron chi connectivity index (χ3n) is 2.87. The van der Waals surface area contributed by atoms with E-state index in [2.05, 4.69) is 5.32 Å². The maximum absolute atomic E-state index is 12.0. The number of carbonyl (C=O) groups excluding carboxylic acids is 1. The number of amides is 1. The van der Waals surface area contributed by atoms with E-state index in [9.17, 15) is 14.9 Å². The van der Waals surface area contributed by atoms with Crippen molar-refractivity contribution in [2.45, 2.75) is 13.5 Å². The minimum atomic E-state index is -0.602. The molecule has 0 radical (unpaired) electrons. The van der Waals surface area contributed by atoms with Crippen LogP contribution in [0, 0.1) is 17.0 Å². The Balaban J connectivity index is 2.12. The first-order valence-corrected chi connectivity index (χ1v) is 6.72. The Morgan fingerprint density at radius 3 is 2.80 bits per heavy atom. The molecule has 6 nitrogen and oxygen atoms in total. The first-order valence-electron chi connectivity index (χ1n) is 5.84. The van der Waals surface area contributed by atoms with Crippen LogP contribution in [0.15, 0.2) is 29.6 Å². The number of nitro benzene ring substituents is 1. The number of nitrogens with two attached hydrogens (primary N) is 1. The first kappa shape index (κ1) is 14.0. The fourth-order valence-electron chi connectivity index (χ4n) is 1.69. The number of carbonyl (C=O) groups is 1. The fraction of sp³-hybridized carbons (Fsp3) is 0.154. The zero-order chi connectivity index (χ0) is 14.7. The molecule has 0 aliphatic heterocycles. The molecule has 1 amide bonds. The Kier molecular flexibility index (Phi) is 3.99. The normalized spacial score (nSPS) is 10.2. The zero-order valence-corrected chi connectivity index (χ0v) is 11.6. The third-order valence-corrected chi connectivity index (χ3v) is 3.89. The van der Waals surface area contributed by atoms with Gasteiger partial charge in [0.25, 0.3) is 11.6 Å². The highest BCUT2D eigenvalue weighted by Crippen LogP contribution is 2.22. The molecule has 0 fully saturated rings. The Labute approximate surface area is 119 Å². The molecule has 0 atom stereocenters. The van der Waals surface area contributed by atoms with Crippen molar-refractivity contribution < 1.29 is 9.72 Å². The largest absolute Gasteiger partial charge is 0.393 e. The van der Waals surface area contributed by atoms with E-state index in [1.165, 1.54) is 18.2 Å². The number of aryl methyl sites for hydroxylation is 1. The van der Waals surface area contributed by atoms with Gasteiger partial charge >= 0.3 is 0 Å². The highest BCUT2D eigenvalue weighted by Gasteiger charge is 2.15. The topological polar surface area (TPSA) is 98.3 Å². The summed E-state index contributed by atoms with van der Waals surface area (Å²) in [6, 6.07) is 5.99. The Morgan fingerprint density at radius 1 is 1.45 bits per heavy atom. The van der Waals surface area contributed by atoms with Gasteiger partial charge in [-0.2, -0.15) is 0 Å². The summed E-state index contributed by atoms with van der Waals surface area (Å²) in [6.07, 6.45) is 0. The van der Waals surface area contributed by atoms with Gasteiger partial charge in [-0.25, -0.2) is 0 Å². The predicted molar refractivity (Wildman–Crippen MR) is 77.7 cm³/mol. The summed E-state index contributed by atoms with van der Waals surface area (Å²) >= 11 is 1.55. The highest BCUT2D eigenvalue weighted by atomic mass is 32.1. The molecule has 0 saturated carbocycles. The second-order valence-corrected chi connectivity index (χ2v) is 5.24. The number of hydrogen-bond acceptors (Lipinski definition) is 5. The maximum atomic E-state index is 12.0. The number of nitrogens with zero attached hydrogens (tertiary/aromatic N) is 1. The van der Waals surface area contributed by atoms with Crippen molar-refractivity contribution in [2.24, 2.45) is 0 Å². The van der Waals surface area contributed by atoms with Gasteiger partial charge in [0, 0.05) is 16.5 Å². The molecule has 20 heavy (non-hydrogen) atoms. The smallest absolute Gasteiger partial charge is 0.292 e. The van der Waals surface area contributed by atoms with Crippen molar-refractivity contribution in [3.8, 4) is 0 Å². The summed E-state index contributed by atoms with van der Waals surface area (Å²) in [6.45, 7) is 2.37. The number of hydrogen-bond donors (Lipinski definition) is 2. The van der Waals surface area contributed by atoms with E-state index in [0.29, 0.717) is 6.54 Å². The molecule has 0 unspecified atom stereocenters. The van der Waals surface area contributed by atoms with Gasteiger partial charge in [-0.05, 0) is 36.1 Å². The number of nitro groups is 1. The molecule has 1 aromatic carbocycles. The van der Waals surface area contributed by atoms with Crippen LogP contribution in [0.4, 0.5) is 11.4 Å². The summed E-state index contributed by atoms with van der Waals surface area (Å²) in [5.41, 5.74) is 6.60. The van der Waals surface area contributed by atoms with E-state index in [1.54, 1.807) is 11.3 Å². The van der Waals surface area contributed by atoms with Crippen LogP contribution in [0.3, 0.4) is 0 Å². The Morgan fingerprint density at radius 2 is 2.20 bits per heavy atom. The second kappa shape index (κ2) is 5.70. The van der Waals surface area contributed by atoms with Crippen molar-refractivity contribution >= 4 is 28.6 Å². The van der Waals surface area contributed by atoms with Gasteiger partial charge in [0.1, 0.15) is 5.69 Å². The molecule has 0 aliphatic carbocycles. The van der Waals surface area contributed by atoms with Gasteiger partial charge in [-0.15, -0.1) is 11.3 Å². The molecule has 0 spiro atoms. The predicted octanol–water partition coefficient (Wildman–Crippen LogP) is 2.48. The monoisotopic (exact) mass is 291 g/mol. The van der Waals surface area contributed by atoms with Crippen LogP contribution in [0.2, 0.25) is 0 Å². The molecule has 2 aromatic rings. The quantitative estimate of drug-likeness (QED) is 0.513. The SMILES string of the molecule is Cc1ccsc1CNC(=O)c1ccc(N)c([N+](=O)[O-])c1. The van der Waals surface area contributed by atoms with Gasteiger partial charge < -0.3 is 11.1 Å². The lowest BCUT2D eigenvalue weighted by Crippen LogP contribution is -2.22. The van der Waals surface area contributed by atoms with E-state index in [1.807, 2.05) is 18.4 Å². The standard InChI is InChI=1S/C13H13N3O3S/c1-8-4-5-20-12(8)7-15-13(17)9-2-3-10(14)11(6-9)16(18)19/h2-6H,7,14H2,1H3,(H,15,17). The molecule has 0 saturated heterocycles. The van der Waals surface area contributed by atoms with Crippen LogP contribution in [-0.2, 0) is 6.54 Å². The summed E-state index contributed by atoms with van der Waals surface area (Å²) in [7, 11) is 0. The van der Waals surface area contributed by atoms with Crippen molar-refractivity contribution in [3.63, 3.8) is 0 Å². The molecule has 1 aromatic heterocycles. The van der Waals surface area contributed by atoms with E-state index >= 15 is 0 Å². The number of nitrogen functional groups attached to an aromatic ring is 1. The number of benzene rings is 1. The number of rotatable bonds is 4. The van der Waals surface area contributed by atoms with Crippen LogP contribution >= 0.6 is 11.3 Å². The van der Waals surface area contributed by atoms with Crippen LogP contribution in [-0.4, -0.2) is 10.8 Å². The molecule has 7 heteroatoms. The second-order valence-electron chi connectivity index (χ2n) is 4.24. The minimum absolute atomic E-state index is 0.0423. The fourth-order valence-corrected chi connectivity index (χ4v) is 2.54. The summed E-state index contributed by atoms with van der Waals surface area (Å²) in [4.78, 5) is 23.2. The van der Waals surface area contributed by atoms with E-state index in [-0.39, 0.29) is 22.8 Å². The lowest BCUT2D eigenvalue weighted by molar-refractivity contribution is -0.383. The molecule has 0 bridgehead atoms. The summed E-state index contributed by atoms with van der Waals surface area (Å²) in [5.74, 6) is -0.360.